The number of rotatable bonds is 7. The van der Waals surface area contributed by atoms with Crippen LogP contribution in [0.2, 0.25) is 0 Å². The monoisotopic (exact) mass is 328 g/mol. The van der Waals surface area contributed by atoms with Crippen LogP contribution < -0.4 is 20.1 Å². The van der Waals surface area contributed by atoms with Crippen LogP contribution in [-0.4, -0.2) is 26.2 Å². The van der Waals surface area contributed by atoms with Crippen molar-refractivity contribution in [1.82, 2.24) is 5.32 Å². The minimum atomic E-state index is -0.266. The van der Waals surface area contributed by atoms with Gasteiger partial charge in [0.15, 0.2) is 0 Å². The van der Waals surface area contributed by atoms with Gasteiger partial charge in [0.05, 0.1) is 14.2 Å². The van der Waals surface area contributed by atoms with Gasteiger partial charge < -0.3 is 20.1 Å². The van der Waals surface area contributed by atoms with Gasteiger partial charge in [0.25, 0.3) is 5.91 Å². The Morgan fingerprint density at radius 2 is 1.58 bits per heavy atom. The molecular weight excluding hydrogens is 304 g/mol. The van der Waals surface area contributed by atoms with Gasteiger partial charge in [-0.3, -0.25) is 4.79 Å². The van der Waals surface area contributed by atoms with E-state index in [-0.39, 0.29) is 5.91 Å². The van der Waals surface area contributed by atoms with Crippen molar-refractivity contribution >= 4 is 11.6 Å². The van der Waals surface area contributed by atoms with E-state index in [1.165, 1.54) is 14.2 Å². The van der Waals surface area contributed by atoms with Crippen LogP contribution in [0, 0.1) is 0 Å². The number of amides is 1. The molecule has 24 heavy (non-hydrogen) atoms. The Kier molecular flexibility index (Phi) is 6.21. The lowest BCUT2D eigenvalue weighted by molar-refractivity contribution is 0.102. The van der Waals surface area contributed by atoms with Gasteiger partial charge in [-0.25, -0.2) is 0 Å². The second-order valence-corrected chi connectivity index (χ2v) is 5.72. The molecule has 0 aliphatic rings. The van der Waals surface area contributed by atoms with Crippen molar-refractivity contribution in [2.75, 3.05) is 19.5 Å². The quantitative estimate of drug-likeness (QED) is 0.817. The second kappa shape index (κ2) is 8.36. The molecule has 0 saturated carbocycles. The molecule has 0 aliphatic carbocycles. The lowest BCUT2D eigenvalue weighted by Crippen LogP contribution is -2.21. The van der Waals surface area contributed by atoms with Gasteiger partial charge in [-0.15, -0.1) is 0 Å². The highest BCUT2D eigenvalue weighted by Crippen LogP contribution is 2.29. The van der Waals surface area contributed by atoms with E-state index in [4.69, 9.17) is 9.47 Å². The minimum absolute atomic E-state index is 0.266. The fraction of sp³-hybridized carbons (Fsp3) is 0.316. The fourth-order valence-electron chi connectivity index (χ4n) is 2.30. The molecule has 0 fully saturated rings. The Hall–Kier alpha value is -2.53. The van der Waals surface area contributed by atoms with Gasteiger partial charge >= 0.3 is 0 Å². The molecule has 0 saturated heterocycles. The van der Waals surface area contributed by atoms with Crippen LogP contribution in [-0.2, 0) is 6.54 Å². The van der Waals surface area contributed by atoms with Crippen molar-refractivity contribution in [3.63, 3.8) is 0 Å². The largest absolute Gasteiger partial charge is 0.496 e. The van der Waals surface area contributed by atoms with Crippen LogP contribution in [0.15, 0.2) is 42.5 Å². The van der Waals surface area contributed by atoms with Crippen molar-refractivity contribution in [2.45, 2.75) is 26.4 Å². The van der Waals surface area contributed by atoms with E-state index >= 15 is 0 Å². The van der Waals surface area contributed by atoms with E-state index in [0.29, 0.717) is 23.1 Å². The van der Waals surface area contributed by atoms with Gasteiger partial charge in [0, 0.05) is 18.3 Å². The first-order valence-corrected chi connectivity index (χ1v) is 7.89. The number of carbonyl (C=O) groups excluding carboxylic acids is 1. The maximum Gasteiger partial charge on any atom is 0.263 e. The molecule has 2 aromatic carbocycles. The van der Waals surface area contributed by atoms with Crippen molar-refractivity contribution in [3.05, 3.63) is 53.6 Å². The second-order valence-electron chi connectivity index (χ2n) is 5.72. The molecule has 0 aliphatic heterocycles. The summed E-state index contributed by atoms with van der Waals surface area (Å²) >= 11 is 0. The third-order valence-corrected chi connectivity index (χ3v) is 3.58. The Labute approximate surface area is 143 Å². The summed E-state index contributed by atoms with van der Waals surface area (Å²) in [7, 11) is 3.06. The molecule has 5 heteroatoms. The summed E-state index contributed by atoms with van der Waals surface area (Å²) in [4.78, 5) is 12.6. The van der Waals surface area contributed by atoms with Crippen molar-refractivity contribution in [3.8, 4) is 11.5 Å². The van der Waals surface area contributed by atoms with Crippen LogP contribution in [0.1, 0.15) is 29.8 Å². The van der Waals surface area contributed by atoms with Crippen LogP contribution in [0.25, 0.3) is 0 Å². The van der Waals surface area contributed by atoms with Gasteiger partial charge in [-0.1, -0.05) is 32.0 Å². The number of benzene rings is 2. The molecule has 0 bridgehead atoms. The van der Waals surface area contributed by atoms with Gasteiger partial charge in [0.2, 0.25) is 0 Å². The normalized spacial score (nSPS) is 10.5. The standard InChI is InChI=1S/C19H24N2O3/c1-13(2)20-12-14-8-10-15(11-9-14)21-19(22)18-16(23-3)6-5-7-17(18)24-4/h5-11,13,20H,12H2,1-4H3,(H,21,22). The van der Waals surface area contributed by atoms with Crippen LogP contribution in [0.5, 0.6) is 11.5 Å². The predicted octanol–water partition coefficient (Wildman–Crippen LogP) is 3.45. The number of anilines is 1. The number of ether oxygens (including phenoxy) is 2. The highest BCUT2D eigenvalue weighted by atomic mass is 16.5. The van der Waals surface area contributed by atoms with Gasteiger partial charge in [0.1, 0.15) is 17.1 Å². The van der Waals surface area contributed by atoms with E-state index < -0.39 is 0 Å². The molecule has 0 spiro atoms. The molecule has 128 valence electrons. The summed E-state index contributed by atoms with van der Waals surface area (Å²) in [6.07, 6.45) is 0. The first kappa shape index (κ1) is 17.8. The zero-order valence-electron chi connectivity index (χ0n) is 14.6. The molecule has 2 aromatic rings. The first-order valence-electron chi connectivity index (χ1n) is 7.89. The zero-order chi connectivity index (χ0) is 17.5. The first-order chi connectivity index (χ1) is 11.5. The van der Waals surface area contributed by atoms with Crippen LogP contribution in [0.3, 0.4) is 0 Å². The molecule has 5 nitrogen and oxygen atoms in total. The van der Waals surface area contributed by atoms with E-state index in [9.17, 15) is 4.79 Å². The summed E-state index contributed by atoms with van der Waals surface area (Å²) in [5, 5.41) is 6.24. The van der Waals surface area contributed by atoms with Crippen molar-refractivity contribution in [1.29, 1.82) is 0 Å². The third kappa shape index (κ3) is 4.49. The Balaban J connectivity index is 2.12. The van der Waals surface area contributed by atoms with Crippen LogP contribution >= 0.6 is 0 Å². The fourth-order valence-corrected chi connectivity index (χ4v) is 2.30. The summed E-state index contributed by atoms with van der Waals surface area (Å²) in [5.41, 5.74) is 2.27. The highest BCUT2D eigenvalue weighted by Gasteiger charge is 2.18. The van der Waals surface area contributed by atoms with Crippen molar-refractivity contribution in [2.24, 2.45) is 0 Å². The molecule has 2 rings (SSSR count). The summed E-state index contributed by atoms with van der Waals surface area (Å²) in [5.74, 6) is 0.687. The molecule has 0 radical (unpaired) electrons. The SMILES string of the molecule is COc1cccc(OC)c1C(=O)Nc1ccc(CNC(C)C)cc1. The van der Waals surface area contributed by atoms with E-state index in [1.54, 1.807) is 18.2 Å². The van der Waals surface area contributed by atoms with Crippen LogP contribution in [0.4, 0.5) is 5.69 Å². The third-order valence-electron chi connectivity index (χ3n) is 3.58. The smallest absolute Gasteiger partial charge is 0.263 e. The number of hydrogen-bond donors (Lipinski definition) is 2. The molecule has 0 aromatic heterocycles. The molecule has 1 amide bonds. The number of nitrogens with one attached hydrogen (secondary N) is 2. The predicted molar refractivity (Wildman–Crippen MR) is 95.9 cm³/mol. The maximum absolute atomic E-state index is 12.6. The molecule has 2 N–H and O–H groups in total. The Bertz CT molecular complexity index is 659. The van der Waals surface area contributed by atoms with Gasteiger partial charge in [-0.05, 0) is 29.8 Å². The molecule has 0 atom stereocenters. The average Bonchev–Trinajstić information content (AvgIpc) is 2.60. The number of hydrogen-bond acceptors (Lipinski definition) is 4. The minimum Gasteiger partial charge on any atom is -0.496 e. The maximum atomic E-state index is 12.6. The molecule has 0 heterocycles. The Morgan fingerprint density at radius 1 is 1.00 bits per heavy atom. The summed E-state index contributed by atoms with van der Waals surface area (Å²) < 4.78 is 10.5. The van der Waals surface area contributed by atoms with E-state index in [0.717, 1.165) is 17.8 Å². The molecular formula is C19H24N2O3. The number of methoxy groups -OCH3 is 2. The Morgan fingerprint density at radius 3 is 2.08 bits per heavy atom. The van der Waals surface area contributed by atoms with Crippen molar-refractivity contribution < 1.29 is 14.3 Å². The van der Waals surface area contributed by atoms with E-state index in [2.05, 4.69) is 24.5 Å². The van der Waals surface area contributed by atoms with E-state index in [1.807, 2.05) is 24.3 Å². The highest BCUT2D eigenvalue weighted by molar-refractivity contribution is 6.08. The summed E-state index contributed by atoms with van der Waals surface area (Å²) in [6, 6.07) is 13.4. The molecule has 0 unspecified atom stereocenters. The number of carbonyl (C=O) groups is 1. The topological polar surface area (TPSA) is 59.6 Å². The van der Waals surface area contributed by atoms with Gasteiger partial charge in [-0.2, -0.15) is 0 Å². The lowest BCUT2D eigenvalue weighted by Gasteiger charge is -2.13. The zero-order valence-corrected chi connectivity index (χ0v) is 14.6. The lowest BCUT2D eigenvalue weighted by atomic mass is 10.1. The average molecular weight is 328 g/mol. The summed E-state index contributed by atoms with van der Waals surface area (Å²) in [6.45, 7) is 5.01.